The van der Waals surface area contributed by atoms with Gasteiger partial charge in [-0.15, -0.1) is 5.10 Å². The van der Waals surface area contributed by atoms with Crippen LogP contribution in [0.4, 0.5) is 11.8 Å². The first kappa shape index (κ1) is 16.2. The minimum atomic E-state index is 0.506. The van der Waals surface area contributed by atoms with Gasteiger partial charge in [0.05, 0.1) is 6.20 Å². The Balaban J connectivity index is 1.51. The van der Waals surface area contributed by atoms with Gasteiger partial charge in [0.25, 0.3) is 0 Å². The van der Waals surface area contributed by atoms with Gasteiger partial charge in [-0.1, -0.05) is 54.1 Å². The SMILES string of the molecule is Clc1cccc(CCNc2cnnc(NCc3ccccc3)n2)c1. The van der Waals surface area contributed by atoms with Crippen LogP contribution in [0, 0.1) is 0 Å². The maximum Gasteiger partial charge on any atom is 0.244 e. The van der Waals surface area contributed by atoms with Gasteiger partial charge in [-0.2, -0.15) is 10.1 Å². The second-order valence-corrected chi connectivity index (χ2v) is 5.75. The molecule has 0 aliphatic rings. The van der Waals surface area contributed by atoms with Crippen molar-refractivity contribution in [2.24, 2.45) is 0 Å². The Morgan fingerprint density at radius 3 is 2.58 bits per heavy atom. The van der Waals surface area contributed by atoms with Crippen LogP contribution in [-0.4, -0.2) is 21.7 Å². The lowest BCUT2D eigenvalue weighted by Crippen LogP contribution is -2.10. The highest BCUT2D eigenvalue weighted by molar-refractivity contribution is 6.30. The number of aromatic nitrogens is 3. The van der Waals surface area contributed by atoms with E-state index >= 15 is 0 Å². The molecular weight excluding hydrogens is 322 g/mol. The van der Waals surface area contributed by atoms with Gasteiger partial charge >= 0.3 is 0 Å². The maximum absolute atomic E-state index is 5.99. The van der Waals surface area contributed by atoms with Crippen molar-refractivity contribution in [2.45, 2.75) is 13.0 Å². The average Bonchev–Trinajstić information content (AvgIpc) is 2.61. The van der Waals surface area contributed by atoms with E-state index in [4.69, 9.17) is 11.6 Å². The first-order chi connectivity index (χ1) is 11.8. The van der Waals surface area contributed by atoms with Crippen molar-refractivity contribution in [3.05, 3.63) is 76.9 Å². The van der Waals surface area contributed by atoms with Gasteiger partial charge in [0.15, 0.2) is 5.82 Å². The van der Waals surface area contributed by atoms with Crippen molar-refractivity contribution in [3.63, 3.8) is 0 Å². The van der Waals surface area contributed by atoms with E-state index in [2.05, 4.69) is 31.9 Å². The molecule has 0 spiro atoms. The predicted molar refractivity (Wildman–Crippen MR) is 97.2 cm³/mol. The highest BCUT2D eigenvalue weighted by atomic mass is 35.5. The number of anilines is 2. The Kier molecular flexibility index (Phi) is 5.58. The zero-order valence-electron chi connectivity index (χ0n) is 13.1. The molecule has 3 rings (SSSR count). The number of halogens is 1. The molecule has 0 saturated heterocycles. The van der Waals surface area contributed by atoms with Crippen LogP contribution < -0.4 is 10.6 Å². The van der Waals surface area contributed by atoms with Crippen LogP contribution in [0.25, 0.3) is 0 Å². The highest BCUT2D eigenvalue weighted by Crippen LogP contribution is 2.11. The van der Waals surface area contributed by atoms with E-state index in [1.165, 1.54) is 11.1 Å². The van der Waals surface area contributed by atoms with Crippen LogP contribution in [0.1, 0.15) is 11.1 Å². The molecule has 0 amide bonds. The van der Waals surface area contributed by atoms with E-state index in [0.29, 0.717) is 18.3 Å². The van der Waals surface area contributed by atoms with Gasteiger partial charge < -0.3 is 10.6 Å². The molecule has 0 atom stereocenters. The Bertz CT molecular complexity index is 779. The third kappa shape index (κ3) is 4.93. The number of nitrogens with one attached hydrogen (secondary N) is 2. The predicted octanol–water partition coefficient (Wildman–Crippen LogP) is 3.79. The van der Waals surface area contributed by atoms with E-state index in [1.54, 1.807) is 6.20 Å². The lowest BCUT2D eigenvalue weighted by atomic mass is 10.1. The van der Waals surface area contributed by atoms with Crippen LogP contribution in [0.15, 0.2) is 60.8 Å². The average molecular weight is 340 g/mol. The second kappa shape index (κ2) is 8.26. The fourth-order valence-electron chi connectivity index (χ4n) is 2.27. The smallest absolute Gasteiger partial charge is 0.244 e. The molecular formula is C18H18ClN5. The minimum absolute atomic E-state index is 0.506. The third-order valence-electron chi connectivity index (χ3n) is 3.46. The molecule has 0 radical (unpaired) electrons. The summed E-state index contributed by atoms with van der Waals surface area (Å²) in [7, 11) is 0. The lowest BCUT2D eigenvalue weighted by Gasteiger charge is -2.08. The molecule has 0 saturated carbocycles. The number of nitrogens with zero attached hydrogens (tertiary/aromatic N) is 3. The first-order valence-corrected chi connectivity index (χ1v) is 8.13. The zero-order chi connectivity index (χ0) is 16.6. The molecule has 0 fully saturated rings. The molecule has 0 aliphatic heterocycles. The van der Waals surface area contributed by atoms with E-state index in [-0.39, 0.29) is 0 Å². The lowest BCUT2D eigenvalue weighted by molar-refractivity contribution is 0.929. The summed E-state index contributed by atoms with van der Waals surface area (Å²) in [6.07, 6.45) is 2.48. The summed E-state index contributed by atoms with van der Waals surface area (Å²) >= 11 is 5.99. The summed E-state index contributed by atoms with van der Waals surface area (Å²) in [4.78, 5) is 4.41. The molecule has 2 N–H and O–H groups in total. The topological polar surface area (TPSA) is 62.7 Å². The van der Waals surface area contributed by atoms with E-state index in [0.717, 1.165) is 18.0 Å². The first-order valence-electron chi connectivity index (χ1n) is 7.75. The summed E-state index contributed by atoms with van der Waals surface area (Å²) in [5, 5.41) is 15.2. The standard InChI is InChI=1S/C18H18ClN5/c19-16-8-4-7-14(11-16)9-10-20-17-13-22-24-18(23-17)21-12-15-5-2-1-3-6-15/h1-8,11,13H,9-10,12H2,(H2,20,21,23,24). The van der Waals surface area contributed by atoms with Crippen molar-refractivity contribution in [1.29, 1.82) is 0 Å². The quantitative estimate of drug-likeness (QED) is 0.685. The van der Waals surface area contributed by atoms with Crippen molar-refractivity contribution in [1.82, 2.24) is 15.2 Å². The van der Waals surface area contributed by atoms with Crippen LogP contribution in [0.5, 0.6) is 0 Å². The van der Waals surface area contributed by atoms with Crippen LogP contribution in [-0.2, 0) is 13.0 Å². The molecule has 0 aliphatic carbocycles. The summed E-state index contributed by atoms with van der Waals surface area (Å²) in [5.41, 5.74) is 2.35. The van der Waals surface area contributed by atoms with Gasteiger partial charge in [-0.25, -0.2) is 0 Å². The van der Waals surface area contributed by atoms with Gasteiger partial charge in [0, 0.05) is 18.1 Å². The Morgan fingerprint density at radius 1 is 0.917 bits per heavy atom. The Morgan fingerprint density at radius 2 is 1.75 bits per heavy atom. The van der Waals surface area contributed by atoms with E-state index in [1.807, 2.05) is 48.5 Å². The van der Waals surface area contributed by atoms with Gasteiger partial charge in [-0.3, -0.25) is 0 Å². The van der Waals surface area contributed by atoms with Crippen molar-refractivity contribution in [2.75, 3.05) is 17.2 Å². The molecule has 3 aromatic rings. The normalized spacial score (nSPS) is 10.4. The van der Waals surface area contributed by atoms with Crippen molar-refractivity contribution in [3.8, 4) is 0 Å². The molecule has 1 aromatic heterocycles. The fraction of sp³-hybridized carbons (Fsp3) is 0.167. The second-order valence-electron chi connectivity index (χ2n) is 5.31. The molecule has 1 heterocycles. The van der Waals surface area contributed by atoms with Crippen molar-refractivity contribution < 1.29 is 0 Å². The highest BCUT2D eigenvalue weighted by Gasteiger charge is 2.01. The molecule has 6 heteroatoms. The van der Waals surface area contributed by atoms with Gasteiger partial charge in [0.1, 0.15) is 0 Å². The molecule has 0 unspecified atom stereocenters. The van der Waals surface area contributed by atoms with Crippen molar-refractivity contribution >= 4 is 23.4 Å². The van der Waals surface area contributed by atoms with Gasteiger partial charge in [-0.05, 0) is 29.7 Å². The van der Waals surface area contributed by atoms with E-state index < -0.39 is 0 Å². The molecule has 24 heavy (non-hydrogen) atoms. The maximum atomic E-state index is 5.99. The Hall–Kier alpha value is -2.66. The third-order valence-corrected chi connectivity index (χ3v) is 3.70. The summed E-state index contributed by atoms with van der Waals surface area (Å²) in [5.74, 6) is 1.20. The summed E-state index contributed by atoms with van der Waals surface area (Å²) in [6, 6.07) is 17.9. The number of benzene rings is 2. The number of hydrogen-bond donors (Lipinski definition) is 2. The molecule has 2 aromatic carbocycles. The fourth-order valence-corrected chi connectivity index (χ4v) is 2.48. The largest absolute Gasteiger partial charge is 0.368 e. The van der Waals surface area contributed by atoms with Gasteiger partial charge in [0.2, 0.25) is 5.95 Å². The number of hydrogen-bond acceptors (Lipinski definition) is 5. The van der Waals surface area contributed by atoms with Crippen LogP contribution >= 0.6 is 11.6 Å². The van der Waals surface area contributed by atoms with E-state index in [9.17, 15) is 0 Å². The monoisotopic (exact) mass is 339 g/mol. The molecule has 0 bridgehead atoms. The zero-order valence-corrected chi connectivity index (χ0v) is 13.9. The number of rotatable bonds is 7. The summed E-state index contributed by atoms with van der Waals surface area (Å²) < 4.78 is 0. The summed E-state index contributed by atoms with van der Waals surface area (Å²) in [6.45, 7) is 1.41. The minimum Gasteiger partial charge on any atom is -0.368 e. The van der Waals surface area contributed by atoms with Crippen LogP contribution in [0.2, 0.25) is 5.02 Å². The molecule has 122 valence electrons. The van der Waals surface area contributed by atoms with Crippen LogP contribution in [0.3, 0.4) is 0 Å². The Labute approximate surface area is 146 Å². The molecule has 5 nitrogen and oxygen atoms in total.